The van der Waals surface area contributed by atoms with E-state index in [0.29, 0.717) is 12.1 Å². The van der Waals surface area contributed by atoms with Gasteiger partial charge in [-0.3, -0.25) is 9.59 Å². The normalized spacial score (nSPS) is 9.88. The van der Waals surface area contributed by atoms with Crippen molar-refractivity contribution in [1.29, 1.82) is 0 Å². The Kier molecular flexibility index (Phi) is 5.48. The van der Waals surface area contributed by atoms with Crippen LogP contribution in [-0.4, -0.2) is 24.9 Å². The van der Waals surface area contributed by atoms with Crippen LogP contribution in [0.2, 0.25) is 0 Å². The van der Waals surface area contributed by atoms with E-state index in [1.54, 1.807) is 11.4 Å². The van der Waals surface area contributed by atoms with E-state index < -0.39 is 0 Å². The first-order valence-electron chi connectivity index (χ1n) is 4.92. The summed E-state index contributed by atoms with van der Waals surface area (Å²) >= 11 is 4.71. The topological polar surface area (TPSA) is 58.2 Å². The Morgan fingerprint density at radius 3 is 2.75 bits per heavy atom. The molecular weight excluding hydrogens is 292 g/mol. The highest BCUT2D eigenvalue weighted by atomic mass is 79.9. The number of hydrogen-bond donors (Lipinski definition) is 2. The summed E-state index contributed by atoms with van der Waals surface area (Å²) in [5, 5.41) is 6.98. The molecule has 0 atom stereocenters. The molecule has 0 spiro atoms. The van der Waals surface area contributed by atoms with Crippen LogP contribution < -0.4 is 10.6 Å². The van der Waals surface area contributed by atoms with Gasteiger partial charge in [-0.25, -0.2) is 0 Å². The summed E-state index contributed by atoms with van der Waals surface area (Å²) in [4.78, 5) is 22.7. The van der Waals surface area contributed by atoms with Crippen LogP contribution in [0.3, 0.4) is 0 Å². The van der Waals surface area contributed by atoms with Gasteiger partial charge in [0.25, 0.3) is 5.91 Å². The molecule has 6 heteroatoms. The third-order valence-electron chi connectivity index (χ3n) is 1.81. The average Bonchev–Trinajstić information content (AvgIpc) is 2.69. The Hall–Kier alpha value is -0.880. The Morgan fingerprint density at radius 2 is 2.19 bits per heavy atom. The predicted molar refractivity (Wildman–Crippen MR) is 67.7 cm³/mol. The Morgan fingerprint density at radius 1 is 1.44 bits per heavy atom. The molecule has 0 aromatic carbocycles. The van der Waals surface area contributed by atoms with Gasteiger partial charge in [-0.15, -0.1) is 11.3 Å². The Bertz CT molecular complexity index is 379. The van der Waals surface area contributed by atoms with Crippen LogP contribution in [0.1, 0.15) is 23.7 Å². The van der Waals surface area contributed by atoms with E-state index in [1.807, 2.05) is 6.92 Å². The lowest BCUT2D eigenvalue weighted by Gasteiger charge is -2.04. The number of hydrogen-bond acceptors (Lipinski definition) is 3. The molecule has 2 amide bonds. The number of nitrogens with one attached hydrogen (secondary N) is 2. The van der Waals surface area contributed by atoms with E-state index in [2.05, 4.69) is 26.6 Å². The smallest absolute Gasteiger partial charge is 0.252 e. The zero-order valence-corrected chi connectivity index (χ0v) is 11.3. The molecule has 0 aliphatic carbocycles. The van der Waals surface area contributed by atoms with E-state index in [9.17, 15) is 9.59 Å². The van der Waals surface area contributed by atoms with Gasteiger partial charge >= 0.3 is 0 Å². The van der Waals surface area contributed by atoms with Crippen molar-refractivity contribution < 1.29 is 9.59 Å². The molecule has 0 radical (unpaired) electrons. The van der Waals surface area contributed by atoms with Crippen LogP contribution in [0.25, 0.3) is 0 Å². The minimum atomic E-state index is -0.228. The second kappa shape index (κ2) is 6.65. The van der Waals surface area contributed by atoms with Crippen molar-refractivity contribution >= 4 is 39.1 Å². The largest absolute Gasteiger partial charge is 0.355 e. The maximum atomic E-state index is 11.5. The summed E-state index contributed by atoms with van der Waals surface area (Å²) in [6.45, 7) is 2.63. The molecule has 1 aromatic rings. The minimum absolute atomic E-state index is 0.0201. The Labute approximate surface area is 107 Å². The van der Waals surface area contributed by atoms with Gasteiger partial charge in [-0.1, -0.05) is 6.92 Å². The number of halogens is 1. The summed E-state index contributed by atoms with van der Waals surface area (Å²) in [7, 11) is 0. The molecule has 1 aromatic heterocycles. The molecule has 0 fully saturated rings. The lowest BCUT2D eigenvalue weighted by molar-refractivity contribution is -0.120. The molecule has 0 saturated carbocycles. The van der Waals surface area contributed by atoms with Gasteiger partial charge in [0.15, 0.2) is 0 Å². The second-order valence-corrected chi connectivity index (χ2v) is 5.46. The van der Waals surface area contributed by atoms with E-state index in [0.717, 1.165) is 10.2 Å². The SMILES string of the molecule is CCCNC(=O)CNC(=O)c1csc(Br)c1. The summed E-state index contributed by atoms with van der Waals surface area (Å²) in [5.74, 6) is -0.391. The van der Waals surface area contributed by atoms with Crippen molar-refractivity contribution in [2.24, 2.45) is 0 Å². The van der Waals surface area contributed by atoms with Gasteiger partial charge in [0.05, 0.1) is 15.9 Å². The van der Waals surface area contributed by atoms with E-state index in [-0.39, 0.29) is 18.4 Å². The highest BCUT2D eigenvalue weighted by Gasteiger charge is 2.08. The fraction of sp³-hybridized carbons (Fsp3) is 0.400. The highest BCUT2D eigenvalue weighted by Crippen LogP contribution is 2.20. The molecular formula is C10H13BrN2O2S. The molecule has 88 valence electrons. The van der Waals surface area contributed by atoms with Gasteiger partial charge in [-0.2, -0.15) is 0 Å². The molecule has 0 aliphatic rings. The lowest BCUT2D eigenvalue weighted by Crippen LogP contribution is -2.37. The zero-order valence-electron chi connectivity index (χ0n) is 8.88. The van der Waals surface area contributed by atoms with Gasteiger partial charge in [0, 0.05) is 11.9 Å². The number of amides is 2. The summed E-state index contributed by atoms with van der Waals surface area (Å²) in [5.41, 5.74) is 0.570. The molecule has 0 saturated heterocycles. The van der Waals surface area contributed by atoms with E-state index >= 15 is 0 Å². The number of rotatable bonds is 5. The van der Waals surface area contributed by atoms with Crippen molar-refractivity contribution in [2.45, 2.75) is 13.3 Å². The van der Waals surface area contributed by atoms with E-state index in [1.165, 1.54) is 11.3 Å². The average molecular weight is 305 g/mol. The fourth-order valence-electron chi connectivity index (χ4n) is 1.02. The van der Waals surface area contributed by atoms with Crippen LogP contribution in [0.5, 0.6) is 0 Å². The summed E-state index contributed by atoms with van der Waals surface area (Å²) in [6, 6.07) is 1.73. The maximum absolute atomic E-state index is 11.5. The first-order valence-corrected chi connectivity index (χ1v) is 6.59. The van der Waals surface area contributed by atoms with Crippen molar-refractivity contribution in [3.05, 3.63) is 20.8 Å². The third kappa shape index (κ3) is 4.32. The lowest BCUT2D eigenvalue weighted by atomic mass is 10.3. The van der Waals surface area contributed by atoms with Crippen LogP contribution in [0.4, 0.5) is 0 Å². The zero-order chi connectivity index (χ0) is 12.0. The number of carbonyl (C=O) groups excluding carboxylic acids is 2. The van der Waals surface area contributed by atoms with Gasteiger partial charge in [0.1, 0.15) is 0 Å². The molecule has 4 nitrogen and oxygen atoms in total. The third-order valence-corrected chi connectivity index (χ3v) is 3.32. The fourth-order valence-corrected chi connectivity index (χ4v) is 2.16. The van der Waals surface area contributed by atoms with Crippen LogP contribution in [0.15, 0.2) is 15.2 Å². The van der Waals surface area contributed by atoms with Crippen LogP contribution >= 0.6 is 27.3 Å². The standard InChI is InChI=1S/C10H13BrN2O2S/c1-2-3-12-9(14)5-13-10(15)7-4-8(11)16-6-7/h4,6H,2-3,5H2,1H3,(H,12,14)(H,13,15). The summed E-state index contributed by atoms with van der Waals surface area (Å²) < 4.78 is 0.896. The molecule has 0 aliphatic heterocycles. The van der Waals surface area contributed by atoms with Crippen LogP contribution in [0, 0.1) is 0 Å². The molecule has 0 bridgehead atoms. The minimum Gasteiger partial charge on any atom is -0.355 e. The molecule has 0 unspecified atom stereocenters. The van der Waals surface area contributed by atoms with E-state index in [4.69, 9.17) is 0 Å². The first-order chi connectivity index (χ1) is 7.63. The Balaban J connectivity index is 2.33. The summed E-state index contributed by atoms with van der Waals surface area (Å²) in [6.07, 6.45) is 0.886. The number of thiophene rings is 1. The monoisotopic (exact) mass is 304 g/mol. The molecule has 1 heterocycles. The van der Waals surface area contributed by atoms with Crippen molar-refractivity contribution in [1.82, 2.24) is 10.6 Å². The second-order valence-electron chi connectivity index (χ2n) is 3.17. The highest BCUT2D eigenvalue weighted by molar-refractivity contribution is 9.11. The van der Waals surface area contributed by atoms with Gasteiger partial charge < -0.3 is 10.6 Å². The predicted octanol–water partition coefficient (Wildman–Crippen LogP) is 1.77. The van der Waals surface area contributed by atoms with Gasteiger partial charge in [-0.05, 0) is 28.4 Å². The first kappa shape index (κ1) is 13.2. The number of carbonyl (C=O) groups is 2. The van der Waals surface area contributed by atoms with Gasteiger partial charge in [0.2, 0.25) is 5.91 Å². The van der Waals surface area contributed by atoms with Crippen LogP contribution in [-0.2, 0) is 4.79 Å². The molecule has 1 rings (SSSR count). The van der Waals surface area contributed by atoms with Crippen molar-refractivity contribution in [3.63, 3.8) is 0 Å². The van der Waals surface area contributed by atoms with Crippen molar-refractivity contribution in [2.75, 3.05) is 13.1 Å². The maximum Gasteiger partial charge on any atom is 0.252 e. The quantitative estimate of drug-likeness (QED) is 0.871. The van der Waals surface area contributed by atoms with Crippen molar-refractivity contribution in [3.8, 4) is 0 Å². The molecule has 16 heavy (non-hydrogen) atoms. The molecule has 2 N–H and O–H groups in total.